The molecule has 0 bridgehead atoms. The minimum atomic E-state index is -0.102. The first-order valence-electron chi connectivity index (χ1n) is 11.2. The van der Waals surface area contributed by atoms with E-state index in [9.17, 15) is 9.59 Å². The molecule has 4 heteroatoms. The zero-order chi connectivity index (χ0) is 20.5. The molecular weight excluding hydrogens is 408 g/mol. The van der Waals surface area contributed by atoms with Gasteiger partial charge < -0.3 is 0 Å². The summed E-state index contributed by atoms with van der Waals surface area (Å²) in [6.07, 6.45) is 6.00. The topological polar surface area (TPSA) is 34.1 Å². The normalized spacial score (nSPS) is 33.6. The second-order valence-electron chi connectivity index (χ2n) is 8.87. The summed E-state index contributed by atoms with van der Waals surface area (Å²) < 4.78 is 0. The number of hydrogen-bond donors (Lipinski definition) is 0. The maximum Gasteiger partial charge on any atom is 0.142 e. The van der Waals surface area contributed by atoms with Crippen LogP contribution in [-0.2, 0) is 9.59 Å². The van der Waals surface area contributed by atoms with E-state index in [0.29, 0.717) is 11.6 Å². The third kappa shape index (κ3) is 3.89. The first-order chi connectivity index (χ1) is 14.7. The standard InChI is InChI=1S/C26H28O2S2/c27-25-19-13-7-15-21(29-17-9-3-1-4-10-17)23(19)26(28)24-20(25)14-8-16-22(24)30-18-11-5-2-6-12-18/h1-6,9-12,19-24H,7-8,13-16H2. The lowest BCUT2D eigenvalue weighted by Gasteiger charge is -2.48. The third-order valence-corrected chi connectivity index (χ3v) is 9.88. The van der Waals surface area contributed by atoms with Gasteiger partial charge in [0.1, 0.15) is 11.6 Å². The second-order valence-corrected chi connectivity index (χ2v) is 11.5. The van der Waals surface area contributed by atoms with Crippen molar-refractivity contribution in [3.05, 3.63) is 60.7 Å². The molecule has 5 rings (SSSR count). The molecule has 6 unspecified atom stereocenters. The van der Waals surface area contributed by atoms with Crippen molar-refractivity contribution >= 4 is 35.1 Å². The fourth-order valence-electron chi connectivity index (χ4n) is 5.83. The number of benzene rings is 2. The molecule has 3 aliphatic carbocycles. The van der Waals surface area contributed by atoms with Gasteiger partial charge in [0.25, 0.3) is 0 Å². The van der Waals surface area contributed by atoms with Gasteiger partial charge in [0, 0.05) is 44.0 Å². The van der Waals surface area contributed by atoms with Gasteiger partial charge in [0.05, 0.1) is 0 Å². The quantitative estimate of drug-likeness (QED) is 0.564. The molecule has 2 aromatic rings. The number of rotatable bonds is 4. The Labute approximate surface area is 187 Å². The Hall–Kier alpha value is -1.52. The number of fused-ring (bicyclic) bond motifs is 2. The molecule has 3 aliphatic rings. The van der Waals surface area contributed by atoms with Crippen LogP contribution in [-0.4, -0.2) is 22.1 Å². The van der Waals surface area contributed by atoms with Crippen LogP contribution in [0.4, 0.5) is 0 Å². The van der Waals surface area contributed by atoms with E-state index in [0.717, 1.165) is 38.5 Å². The predicted octanol–water partition coefficient (Wildman–Crippen LogP) is 6.29. The highest BCUT2D eigenvalue weighted by atomic mass is 32.2. The number of hydrogen-bond acceptors (Lipinski definition) is 4. The van der Waals surface area contributed by atoms with Gasteiger partial charge in [-0.15, -0.1) is 23.5 Å². The molecule has 0 amide bonds. The Balaban J connectivity index is 1.42. The SMILES string of the molecule is O=C1C2CCCC(Sc3ccccc3)C2C(=O)C2C(Sc3ccccc3)CCCC12. The van der Waals surface area contributed by atoms with Crippen molar-refractivity contribution in [1.82, 2.24) is 0 Å². The molecule has 2 aromatic carbocycles. The number of Topliss-reactive ketones (excluding diaryl/α,β-unsaturated/α-hetero) is 2. The van der Waals surface area contributed by atoms with E-state index >= 15 is 0 Å². The maximum atomic E-state index is 14.0. The van der Waals surface area contributed by atoms with Crippen LogP contribution in [0.25, 0.3) is 0 Å². The number of thioether (sulfide) groups is 2. The van der Waals surface area contributed by atoms with Gasteiger partial charge in [-0.3, -0.25) is 9.59 Å². The summed E-state index contributed by atoms with van der Waals surface area (Å²) >= 11 is 3.64. The largest absolute Gasteiger partial charge is 0.299 e. The van der Waals surface area contributed by atoms with Crippen molar-refractivity contribution in [2.24, 2.45) is 23.7 Å². The Morgan fingerprint density at radius 3 is 1.43 bits per heavy atom. The van der Waals surface area contributed by atoms with Crippen molar-refractivity contribution in [1.29, 1.82) is 0 Å². The van der Waals surface area contributed by atoms with Gasteiger partial charge in [0.2, 0.25) is 0 Å². The Kier molecular flexibility index (Phi) is 6.06. The molecular formula is C26H28O2S2. The van der Waals surface area contributed by atoms with Crippen molar-refractivity contribution in [3.8, 4) is 0 Å². The Bertz CT molecular complexity index is 826. The van der Waals surface area contributed by atoms with Gasteiger partial charge in [-0.25, -0.2) is 0 Å². The summed E-state index contributed by atoms with van der Waals surface area (Å²) in [4.78, 5) is 30.0. The molecule has 30 heavy (non-hydrogen) atoms. The number of carbonyl (C=O) groups is 2. The van der Waals surface area contributed by atoms with Crippen LogP contribution < -0.4 is 0 Å². The maximum absolute atomic E-state index is 14.0. The molecule has 3 fully saturated rings. The van der Waals surface area contributed by atoms with E-state index in [4.69, 9.17) is 0 Å². The highest BCUT2D eigenvalue weighted by Gasteiger charge is 2.55. The Morgan fingerprint density at radius 1 is 0.567 bits per heavy atom. The van der Waals surface area contributed by atoms with E-state index in [2.05, 4.69) is 48.5 Å². The molecule has 0 spiro atoms. The molecule has 6 atom stereocenters. The van der Waals surface area contributed by atoms with Crippen molar-refractivity contribution in [2.75, 3.05) is 0 Å². The van der Waals surface area contributed by atoms with Crippen LogP contribution >= 0.6 is 23.5 Å². The van der Waals surface area contributed by atoms with Crippen LogP contribution in [0.2, 0.25) is 0 Å². The predicted molar refractivity (Wildman–Crippen MR) is 124 cm³/mol. The lowest BCUT2D eigenvalue weighted by atomic mass is 9.58. The molecule has 3 saturated carbocycles. The van der Waals surface area contributed by atoms with E-state index in [1.807, 2.05) is 35.7 Å². The zero-order valence-corrected chi connectivity index (χ0v) is 18.7. The average Bonchev–Trinajstić information content (AvgIpc) is 2.79. The van der Waals surface area contributed by atoms with Crippen LogP contribution in [0.5, 0.6) is 0 Å². The van der Waals surface area contributed by atoms with Gasteiger partial charge in [-0.2, -0.15) is 0 Å². The smallest absolute Gasteiger partial charge is 0.142 e. The highest BCUT2D eigenvalue weighted by Crippen LogP contribution is 2.52. The number of carbonyl (C=O) groups excluding carboxylic acids is 2. The van der Waals surface area contributed by atoms with Crippen LogP contribution in [0.1, 0.15) is 38.5 Å². The molecule has 0 aromatic heterocycles. The van der Waals surface area contributed by atoms with E-state index in [-0.39, 0.29) is 34.2 Å². The second kappa shape index (κ2) is 8.92. The lowest BCUT2D eigenvalue weighted by molar-refractivity contribution is -0.150. The monoisotopic (exact) mass is 436 g/mol. The first-order valence-corrected chi connectivity index (χ1v) is 13.0. The number of ketones is 2. The van der Waals surface area contributed by atoms with Crippen LogP contribution in [0, 0.1) is 23.7 Å². The van der Waals surface area contributed by atoms with Crippen molar-refractivity contribution in [2.45, 2.75) is 58.8 Å². The van der Waals surface area contributed by atoms with Crippen LogP contribution in [0.15, 0.2) is 70.5 Å². The molecule has 0 aliphatic heterocycles. The van der Waals surface area contributed by atoms with Crippen molar-refractivity contribution in [3.63, 3.8) is 0 Å². The van der Waals surface area contributed by atoms with Gasteiger partial charge in [-0.05, 0) is 49.9 Å². The van der Waals surface area contributed by atoms with Crippen molar-refractivity contribution < 1.29 is 9.59 Å². The summed E-state index contributed by atoms with van der Waals surface area (Å²) in [7, 11) is 0. The van der Waals surface area contributed by atoms with E-state index in [1.54, 1.807) is 0 Å². The molecule has 0 radical (unpaired) electrons. The van der Waals surface area contributed by atoms with E-state index in [1.165, 1.54) is 9.79 Å². The highest BCUT2D eigenvalue weighted by molar-refractivity contribution is 8.00. The minimum absolute atomic E-state index is 0.0470. The molecule has 0 heterocycles. The van der Waals surface area contributed by atoms with Crippen LogP contribution in [0.3, 0.4) is 0 Å². The summed E-state index contributed by atoms with van der Waals surface area (Å²) in [6.45, 7) is 0. The minimum Gasteiger partial charge on any atom is -0.299 e. The molecule has 0 saturated heterocycles. The summed E-state index contributed by atoms with van der Waals surface area (Å²) in [5.74, 6) is 0.500. The fourth-order valence-corrected chi connectivity index (χ4v) is 8.66. The molecule has 2 nitrogen and oxygen atoms in total. The lowest BCUT2D eigenvalue weighted by Crippen LogP contribution is -2.56. The van der Waals surface area contributed by atoms with Gasteiger partial charge in [-0.1, -0.05) is 49.2 Å². The first kappa shape index (κ1) is 20.4. The molecule has 156 valence electrons. The van der Waals surface area contributed by atoms with Gasteiger partial charge in [0.15, 0.2) is 0 Å². The molecule has 0 N–H and O–H groups in total. The average molecular weight is 437 g/mol. The third-order valence-electron chi connectivity index (χ3n) is 7.12. The summed E-state index contributed by atoms with van der Waals surface area (Å²) in [5.41, 5.74) is 0. The summed E-state index contributed by atoms with van der Waals surface area (Å²) in [6, 6.07) is 20.8. The Morgan fingerprint density at radius 2 is 1.00 bits per heavy atom. The summed E-state index contributed by atoms with van der Waals surface area (Å²) in [5, 5.41) is 0.459. The van der Waals surface area contributed by atoms with E-state index < -0.39 is 0 Å². The zero-order valence-electron chi connectivity index (χ0n) is 17.1. The fraction of sp³-hybridized carbons (Fsp3) is 0.462. The van der Waals surface area contributed by atoms with Gasteiger partial charge >= 0.3 is 0 Å².